The fraction of sp³-hybridized carbons (Fsp3) is 0.426. The van der Waals surface area contributed by atoms with E-state index >= 15 is 0 Å². The molecule has 11 rings (SSSR count). The van der Waals surface area contributed by atoms with Crippen molar-refractivity contribution >= 4 is 29.1 Å². The third-order valence-electron chi connectivity index (χ3n) is 14.1. The van der Waals surface area contributed by atoms with Crippen molar-refractivity contribution in [1.29, 1.82) is 0 Å². The quantitative estimate of drug-likeness (QED) is 0.255. The van der Waals surface area contributed by atoms with Gasteiger partial charge in [0.25, 0.3) is 5.91 Å². The van der Waals surface area contributed by atoms with Crippen LogP contribution >= 0.6 is 0 Å². The van der Waals surface area contributed by atoms with Gasteiger partial charge in [-0.1, -0.05) is 48.5 Å². The third-order valence-corrected chi connectivity index (χ3v) is 14.1. The van der Waals surface area contributed by atoms with Gasteiger partial charge in [-0.25, -0.2) is 0 Å². The number of rotatable bonds is 6. The van der Waals surface area contributed by atoms with Gasteiger partial charge in [0.05, 0.1) is 18.3 Å². The summed E-state index contributed by atoms with van der Waals surface area (Å²) in [6.07, 6.45) is 3.68. The number of fused-ring (bicyclic) bond motifs is 5. The minimum Gasteiger partial charge on any atom is -0.508 e. The molecule has 1 spiro atoms. The molecule has 5 atom stereocenters. The fourth-order valence-electron chi connectivity index (χ4n) is 11.3. The number of aryl methyl sites for hydroxylation is 1. The normalized spacial score (nSPS) is 27.3. The van der Waals surface area contributed by atoms with Crippen LogP contribution < -0.4 is 19.9 Å². The number of ether oxygens (including phenoxy) is 2. The number of nitrogens with one attached hydrogen (secondary N) is 1. The molecule has 4 aromatic rings. The maximum absolute atomic E-state index is 13.4. The summed E-state index contributed by atoms with van der Waals surface area (Å²) in [5.41, 5.74) is 8.95. The summed E-state index contributed by atoms with van der Waals surface area (Å²) in [5, 5.41) is 12.6. The van der Waals surface area contributed by atoms with E-state index in [4.69, 9.17) is 9.47 Å². The molecule has 1 aliphatic carbocycles. The molecule has 4 aromatic carbocycles. The van der Waals surface area contributed by atoms with Crippen molar-refractivity contribution in [3.05, 3.63) is 118 Å². The van der Waals surface area contributed by atoms with Crippen LogP contribution in [0, 0.1) is 5.92 Å². The van der Waals surface area contributed by atoms with Gasteiger partial charge in [-0.05, 0) is 102 Å². The average molecular weight is 780 g/mol. The van der Waals surface area contributed by atoms with Crippen molar-refractivity contribution in [2.24, 2.45) is 5.92 Å². The van der Waals surface area contributed by atoms with Crippen LogP contribution in [-0.4, -0.2) is 103 Å². The molecule has 0 bridgehead atoms. The summed E-state index contributed by atoms with van der Waals surface area (Å²) in [7, 11) is 0. The van der Waals surface area contributed by atoms with Crippen molar-refractivity contribution in [2.45, 2.75) is 68.2 Å². The van der Waals surface area contributed by atoms with Gasteiger partial charge in [-0.2, -0.15) is 0 Å². The molecule has 58 heavy (non-hydrogen) atoms. The summed E-state index contributed by atoms with van der Waals surface area (Å²) >= 11 is 0. The number of aromatic hydroxyl groups is 1. The molecule has 4 saturated heterocycles. The zero-order valence-electron chi connectivity index (χ0n) is 32.6. The fourth-order valence-corrected chi connectivity index (χ4v) is 11.3. The van der Waals surface area contributed by atoms with Gasteiger partial charge in [-0.15, -0.1) is 0 Å². The van der Waals surface area contributed by atoms with Crippen molar-refractivity contribution in [2.75, 3.05) is 62.3 Å². The van der Waals surface area contributed by atoms with Crippen LogP contribution in [0.25, 0.3) is 0 Å². The Morgan fingerprint density at radius 1 is 0.828 bits per heavy atom. The van der Waals surface area contributed by atoms with Crippen LogP contribution in [0.15, 0.2) is 84.9 Å². The second-order valence-electron chi connectivity index (χ2n) is 17.7. The van der Waals surface area contributed by atoms with E-state index < -0.39 is 11.9 Å². The van der Waals surface area contributed by atoms with E-state index in [1.807, 2.05) is 18.2 Å². The van der Waals surface area contributed by atoms with Crippen LogP contribution in [0.1, 0.15) is 75.7 Å². The lowest BCUT2D eigenvalue weighted by atomic mass is 9.69. The Kier molecular flexibility index (Phi) is 8.55. The highest BCUT2D eigenvalue weighted by molar-refractivity contribution is 6.06. The minimum absolute atomic E-state index is 0.0830. The van der Waals surface area contributed by atoms with Crippen LogP contribution in [-0.2, 0) is 27.3 Å². The smallest absolute Gasteiger partial charge is 0.255 e. The Labute approximate surface area is 338 Å². The maximum atomic E-state index is 13.4. The molecule has 3 amide bonds. The molecule has 11 heteroatoms. The van der Waals surface area contributed by atoms with E-state index in [0.717, 1.165) is 82.1 Å². The Morgan fingerprint density at radius 2 is 1.67 bits per heavy atom. The molecular formula is C47H49N5O6. The molecule has 0 aromatic heterocycles. The number of carbonyl (C=O) groups is 3. The molecule has 4 fully saturated rings. The number of piperidine rings is 1. The Balaban J connectivity index is 0.707. The molecule has 0 radical (unpaired) electrons. The number of phenolic OH excluding ortho intramolecular Hbond substituents is 1. The second-order valence-corrected chi connectivity index (χ2v) is 17.7. The summed E-state index contributed by atoms with van der Waals surface area (Å²) in [6, 6.07) is 29.5. The summed E-state index contributed by atoms with van der Waals surface area (Å²) in [5.74, 6) is 1.34. The Bertz CT molecular complexity index is 2290. The van der Waals surface area contributed by atoms with Gasteiger partial charge >= 0.3 is 0 Å². The molecule has 11 nitrogen and oxygen atoms in total. The monoisotopic (exact) mass is 779 g/mol. The number of imide groups is 1. The lowest BCUT2D eigenvalue weighted by Gasteiger charge is -2.49. The molecular weight excluding hydrogens is 731 g/mol. The van der Waals surface area contributed by atoms with Gasteiger partial charge in [-0.3, -0.25) is 24.6 Å². The number of carbonyl (C=O) groups excluding carboxylic acids is 3. The summed E-state index contributed by atoms with van der Waals surface area (Å²) in [6.45, 7) is 7.30. The lowest BCUT2D eigenvalue weighted by molar-refractivity contribution is -0.136. The van der Waals surface area contributed by atoms with Gasteiger partial charge in [0.1, 0.15) is 29.7 Å². The first-order chi connectivity index (χ1) is 28.3. The van der Waals surface area contributed by atoms with Crippen molar-refractivity contribution < 1.29 is 29.0 Å². The zero-order valence-corrected chi connectivity index (χ0v) is 32.6. The van der Waals surface area contributed by atoms with E-state index in [1.165, 1.54) is 27.9 Å². The van der Waals surface area contributed by atoms with Gasteiger partial charge in [0.2, 0.25) is 11.8 Å². The zero-order chi connectivity index (χ0) is 39.1. The number of nitrogens with zero attached hydrogens (tertiary/aromatic N) is 4. The van der Waals surface area contributed by atoms with Gasteiger partial charge in [0, 0.05) is 69.4 Å². The third kappa shape index (κ3) is 6.12. The summed E-state index contributed by atoms with van der Waals surface area (Å²) < 4.78 is 12.9. The number of hydrogen-bond acceptors (Lipinski definition) is 9. The van der Waals surface area contributed by atoms with Crippen LogP contribution in [0.3, 0.4) is 0 Å². The second kappa shape index (κ2) is 13.9. The molecule has 1 unspecified atom stereocenters. The Hall–Kier alpha value is -5.39. The van der Waals surface area contributed by atoms with E-state index in [1.54, 1.807) is 4.90 Å². The predicted molar refractivity (Wildman–Crippen MR) is 218 cm³/mol. The molecule has 7 aliphatic rings. The highest BCUT2D eigenvalue weighted by Gasteiger charge is 2.50. The van der Waals surface area contributed by atoms with Crippen molar-refractivity contribution in [1.82, 2.24) is 15.1 Å². The van der Waals surface area contributed by atoms with Crippen LogP contribution in [0.2, 0.25) is 0 Å². The number of phenols is 1. The Morgan fingerprint density at radius 3 is 2.50 bits per heavy atom. The number of hydrogen-bond donors (Lipinski definition) is 2. The van der Waals surface area contributed by atoms with E-state index in [2.05, 4.69) is 86.7 Å². The van der Waals surface area contributed by atoms with Gasteiger partial charge < -0.3 is 29.3 Å². The van der Waals surface area contributed by atoms with Crippen LogP contribution in [0.5, 0.6) is 11.5 Å². The minimum atomic E-state index is -0.628. The lowest BCUT2D eigenvalue weighted by Crippen LogP contribution is -2.62. The number of benzene rings is 4. The van der Waals surface area contributed by atoms with E-state index in [0.29, 0.717) is 42.7 Å². The molecule has 6 aliphatic heterocycles. The number of amides is 3. The van der Waals surface area contributed by atoms with Crippen LogP contribution in [0.4, 0.5) is 11.4 Å². The SMILES string of the molecule is O=C1CC[C@H](N2Cc3cc4c(cc3C2=O)OC[C@@H]2CN(CC3COC5(C3)CN(c3ccc([C@@H]6c7ccc(O)cc7CC[C@@H]6c6ccccc6)cc3)C5)CCN42)C(=O)N1. The topological polar surface area (TPSA) is 115 Å². The highest BCUT2D eigenvalue weighted by atomic mass is 16.5. The van der Waals surface area contributed by atoms with Gasteiger partial charge in [0.15, 0.2) is 0 Å². The first kappa shape index (κ1) is 35.7. The first-order valence-corrected chi connectivity index (χ1v) is 21.1. The molecule has 2 N–H and O–H groups in total. The molecule has 6 heterocycles. The highest BCUT2D eigenvalue weighted by Crippen LogP contribution is 2.48. The number of anilines is 2. The van der Waals surface area contributed by atoms with E-state index in [-0.39, 0.29) is 35.8 Å². The standard InChI is InChI=1S/C47H49N5O6/c53-36-11-13-38-32(18-36)8-12-37(30-4-2-1-3-5-30)44(38)31-6-9-34(10-7-31)50-27-47(28-50)21-29(25-58-47)22-49-16-17-51-35(24-49)26-57-42-20-39-33(19-41(42)51)23-52(46(39)56)40-14-15-43(54)48-45(40)55/h1-7,9-11,13,18-20,29,35,37,40,44,53H,8,12,14-17,21-28H2,(H,48,54,55)/t29?,35-,37+,40-,44-/m0/s1. The van der Waals surface area contributed by atoms with E-state index in [9.17, 15) is 19.5 Å². The predicted octanol–water partition coefficient (Wildman–Crippen LogP) is 5.19. The first-order valence-electron chi connectivity index (χ1n) is 21.1. The molecule has 298 valence electrons. The number of piperazine rings is 1. The molecule has 0 saturated carbocycles. The van der Waals surface area contributed by atoms with Crippen molar-refractivity contribution in [3.63, 3.8) is 0 Å². The van der Waals surface area contributed by atoms with Crippen molar-refractivity contribution in [3.8, 4) is 11.5 Å². The largest absolute Gasteiger partial charge is 0.508 e. The maximum Gasteiger partial charge on any atom is 0.255 e. The summed E-state index contributed by atoms with van der Waals surface area (Å²) in [4.78, 5) is 46.7. The average Bonchev–Trinajstić information content (AvgIpc) is 3.79.